The van der Waals surface area contributed by atoms with Crippen LogP contribution in [0, 0.1) is 0 Å². The largest absolute Gasteiger partial charge is 0.379 e. The second-order valence-electron chi connectivity index (χ2n) is 6.59. The number of ether oxygens (including phenoxy) is 1. The van der Waals surface area contributed by atoms with Gasteiger partial charge >= 0.3 is 0 Å². The number of nitrogens with one attached hydrogen (secondary N) is 1. The van der Waals surface area contributed by atoms with Gasteiger partial charge in [-0.3, -0.25) is 4.79 Å². The minimum atomic E-state index is -3.72. The Labute approximate surface area is 161 Å². The Morgan fingerprint density at radius 3 is 2.44 bits per heavy atom. The zero-order valence-corrected chi connectivity index (χ0v) is 17.8. The van der Waals surface area contributed by atoms with Crippen LogP contribution in [0.2, 0.25) is 0 Å². The summed E-state index contributed by atoms with van der Waals surface area (Å²) in [7, 11) is -4.58. The van der Waals surface area contributed by atoms with Gasteiger partial charge in [-0.25, -0.2) is 21.1 Å². The van der Waals surface area contributed by atoms with E-state index in [-0.39, 0.29) is 11.0 Å². The predicted molar refractivity (Wildman–Crippen MR) is 104 cm³/mol. The summed E-state index contributed by atoms with van der Waals surface area (Å²) >= 11 is 0. The summed E-state index contributed by atoms with van der Waals surface area (Å²) in [5, 5.41) is 2.55. The number of nitrogens with zero attached hydrogens (tertiary/aromatic N) is 1. The van der Waals surface area contributed by atoms with Gasteiger partial charge in [0, 0.05) is 27.2 Å². The van der Waals surface area contributed by atoms with E-state index in [4.69, 9.17) is 4.74 Å². The number of rotatable bonds is 11. The van der Waals surface area contributed by atoms with Crippen LogP contribution >= 0.6 is 0 Å². The molecule has 0 saturated heterocycles. The molecule has 0 bridgehead atoms. The molecule has 0 aromatic heterocycles. The third-order valence-electron chi connectivity index (χ3n) is 3.51. The van der Waals surface area contributed by atoms with Crippen LogP contribution in [0.3, 0.4) is 0 Å². The molecule has 1 rings (SSSR count). The molecule has 0 heterocycles. The fraction of sp³-hybridized carbons (Fsp3) is 0.588. The van der Waals surface area contributed by atoms with Crippen molar-refractivity contribution in [3.05, 3.63) is 29.8 Å². The molecular formula is C17H28N2O6S2. The highest BCUT2D eigenvalue weighted by Gasteiger charge is 2.20. The number of benzene rings is 1. The van der Waals surface area contributed by atoms with E-state index in [0.717, 1.165) is 4.31 Å². The van der Waals surface area contributed by atoms with Crippen molar-refractivity contribution in [3.63, 3.8) is 0 Å². The molecular weight excluding hydrogens is 392 g/mol. The molecule has 0 aliphatic carbocycles. The van der Waals surface area contributed by atoms with E-state index in [1.807, 2.05) is 13.8 Å². The van der Waals surface area contributed by atoms with Crippen molar-refractivity contribution in [2.75, 3.05) is 33.0 Å². The lowest BCUT2D eigenvalue weighted by molar-refractivity contribution is -0.118. The second-order valence-corrected chi connectivity index (χ2v) is 10.8. The van der Waals surface area contributed by atoms with Crippen LogP contribution in [0.25, 0.3) is 0 Å². The van der Waals surface area contributed by atoms with E-state index in [9.17, 15) is 21.6 Å². The first-order chi connectivity index (χ1) is 12.4. The number of sulfonamides is 1. The molecule has 0 aliphatic rings. The Morgan fingerprint density at radius 1 is 1.19 bits per heavy atom. The first kappa shape index (κ1) is 23.5. The maximum absolute atomic E-state index is 12.2. The van der Waals surface area contributed by atoms with E-state index in [0.29, 0.717) is 25.1 Å². The van der Waals surface area contributed by atoms with Gasteiger partial charge in [-0.1, -0.05) is 12.1 Å². The average molecular weight is 421 g/mol. The van der Waals surface area contributed by atoms with Gasteiger partial charge in [0.2, 0.25) is 15.9 Å². The molecule has 154 valence electrons. The van der Waals surface area contributed by atoms with Crippen LogP contribution in [0.5, 0.6) is 0 Å². The van der Waals surface area contributed by atoms with Crippen molar-refractivity contribution >= 4 is 25.8 Å². The van der Waals surface area contributed by atoms with Crippen molar-refractivity contribution in [2.45, 2.75) is 37.0 Å². The minimum Gasteiger partial charge on any atom is -0.379 e. The normalized spacial score (nSPS) is 12.5. The van der Waals surface area contributed by atoms with Gasteiger partial charge < -0.3 is 10.1 Å². The molecule has 8 nitrogen and oxygen atoms in total. The summed E-state index contributed by atoms with van der Waals surface area (Å²) in [6.07, 6.45) is 0.696. The Hall–Kier alpha value is -1.49. The van der Waals surface area contributed by atoms with Crippen molar-refractivity contribution in [2.24, 2.45) is 0 Å². The number of sulfone groups is 1. The number of hydrogen-bond acceptors (Lipinski definition) is 6. The highest BCUT2D eigenvalue weighted by atomic mass is 32.2. The summed E-state index contributed by atoms with van der Waals surface area (Å²) in [4.78, 5) is 11.8. The molecule has 10 heteroatoms. The van der Waals surface area contributed by atoms with Gasteiger partial charge in [-0.15, -0.1) is 0 Å². The summed E-state index contributed by atoms with van der Waals surface area (Å²) in [5.74, 6) is -1.65. The summed E-state index contributed by atoms with van der Waals surface area (Å²) in [6, 6.07) is 5.72. The molecule has 0 aliphatic heterocycles. The lowest BCUT2D eigenvalue weighted by Gasteiger charge is -2.12. The molecule has 0 fully saturated rings. The summed E-state index contributed by atoms with van der Waals surface area (Å²) in [6.45, 7) is 4.63. The number of carbonyl (C=O) groups is 1. The second kappa shape index (κ2) is 10.2. The van der Waals surface area contributed by atoms with Gasteiger partial charge in [0.1, 0.15) is 5.75 Å². The highest BCUT2D eigenvalue weighted by molar-refractivity contribution is 7.91. The van der Waals surface area contributed by atoms with Gasteiger partial charge in [-0.2, -0.15) is 0 Å². The van der Waals surface area contributed by atoms with Gasteiger partial charge in [0.05, 0.1) is 16.8 Å². The molecule has 1 aromatic rings. The Kier molecular flexibility index (Phi) is 8.86. The van der Waals surface area contributed by atoms with E-state index >= 15 is 0 Å². The molecule has 0 radical (unpaired) electrons. The number of amides is 1. The van der Waals surface area contributed by atoms with Crippen LogP contribution in [0.15, 0.2) is 29.2 Å². The molecule has 0 atom stereocenters. The van der Waals surface area contributed by atoms with Crippen molar-refractivity contribution in [3.8, 4) is 0 Å². The highest BCUT2D eigenvalue weighted by Crippen LogP contribution is 2.16. The van der Waals surface area contributed by atoms with E-state index in [1.54, 1.807) is 0 Å². The first-order valence-electron chi connectivity index (χ1n) is 8.54. The summed E-state index contributed by atoms with van der Waals surface area (Å²) in [5.41, 5.74) is 0.316. The molecule has 0 unspecified atom stereocenters. The average Bonchev–Trinajstić information content (AvgIpc) is 2.53. The lowest BCUT2D eigenvalue weighted by atomic mass is 10.2. The number of carbonyl (C=O) groups excluding carboxylic acids is 1. The SMILES string of the molecule is CC(C)OCCCNC(=O)CS(=O)(=O)Cc1cccc(S(=O)(=O)N(C)C)c1. The Morgan fingerprint density at radius 2 is 1.85 bits per heavy atom. The van der Waals surface area contributed by atoms with Crippen molar-refractivity contribution in [1.29, 1.82) is 0 Å². The van der Waals surface area contributed by atoms with E-state index in [2.05, 4.69) is 5.32 Å². The van der Waals surface area contributed by atoms with Crippen molar-refractivity contribution < 1.29 is 26.4 Å². The van der Waals surface area contributed by atoms with Crippen LogP contribution in [-0.2, 0) is 35.1 Å². The molecule has 1 N–H and O–H groups in total. The molecule has 1 amide bonds. The van der Waals surface area contributed by atoms with Gasteiger partial charge in [-0.05, 0) is 38.0 Å². The number of hydrogen-bond donors (Lipinski definition) is 1. The Bertz CT molecular complexity index is 833. The lowest BCUT2D eigenvalue weighted by Crippen LogP contribution is -2.32. The van der Waals surface area contributed by atoms with Crippen LogP contribution < -0.4 is 5.32 Å². The fourth-order valence-electron chi connectivity index (χ4n) is 2.18. The minimum absolute atomic E-state index is 0.00908. The standard InChI is InChI=1S/C17H28N2O6S2/c1-14(2)25-10-6-9-18-17(20)13-26(21,22)12-15-7-5-8-16(11-15)27(23,24)19(3)4/h5,7-8,11,14H,6,9-10,12-13H2,1-4H3,(H,18,20). The Balaban J connectivity index is 2.64. The third-order valence-corrected chi connectivity index (χ3v) is 6.80. The van der Waals surface area contributed by atoms with Gasteiger partial charge in [0.15, 0.2) is 9.84 Å². The van der Waals surface area contributed by atoms with Crippen LogP contribution in [0.4, 0.5) is 0 Å². The quantitative estimate of drug-likeness (QED) is 0.530. The zero-order chi connectivity index (χ0) is 20.7. The molecule has 0 saturated carbocycles. The molecule has 1 aromatic carbocycles. The predicted octanol–water partition coefficient (Wildman–Crippen LogP) is 0.783. The topological polar surface area (TPSA) is 110 Å². The molecule has 27 heavy (non-hydrogen) atoms. The maximum atomic E-state index is 12.2. The first-order valence-corrected chi connectivity index (χ1v) is 11.8. The van der Waals surface area contributed by atoms with E-state index in [1.165, 1.54) is 38.4 Å². The van der Waals surface area contributed by atoms with E-state index < -0.39 is 37.3 Å². The summed E-state index contributed by atoms with van der Waals surface area (Å²) < 4.78 is 55.2. The monoisotopic (exact) mass is 420 g/mol. The molecule has 0 spiro atoms. The van der Waals surface area contributed by atoms with Crippen LogP contribution in [-0.4, -0.2) is 66.2 Å². The van der Waals surface area contributed by atoms with Crippen LogP contribution in [0.1, 0.15) is 25.8 Å². The third kappa shape index (κ3) is 8.37. The van der Waals surface area contributed by atoms with Crippen molar-refractivity contribution in [1.82, 2.24) is 9.62 Å². The van der Waals surface area contributed by atoms with Gasteiger partial charge in [0.25, 0.3) is 0 Å². The zero-order valence-electron chi connectivity index (χ0n) is 16.1. The maximum Gasteiger partial charge on any atom is 0.242 e. The fourth-order valence-corrected chi connectivity index (χ4v) is 4.44. The smallest absolute Gasteiger partial charge is 0.242 e.